The van der Waals surface area contributed by atoms with Gasteiger partial charge in [0.25, 0.3) is 0 Å². The molecule has 0 spiro atoms. The summed E-state index contributed by atoms with van der Waals surface area (Å²) in [4.78, 5) is 4.48. The van der Waals surface area contributed by atoms with Gasteiger partial charge in [-0.3, -0.25) is 4.98 Å². The largest absolute Gasteiger partial charge is 0.314 e. The standard InChI is InChI=1S/C19H26N2/c1-2-11-20-17(13-15-6-5-7-15)14-16-10-12-21-19-9-4-3-8-18(16)19/h3-4,8-10,12,15,17,20H,2,5-7,11,13-14H2,1H3. The number of rotatable bonds is 7. The molecule has 1 atom stereocenters. The van der Waals surface area contributed by atoms with Gasteiger partial charge in [0.2, 0.25) is 0 Å². The second kappa shape index (κ2) is 7.04. The van der Waals surface area contributed by atoms with Crippen molar-refractivity contribution < 1.29 is 0 Å². The van der Waals surface area contributed by atoms with Crippen molar-refractivity contribution in [3.8, 4) is 0 Å². The number of nitrogens with zero attached hydrogens (tertiary/aromatic N) is 1. The van der Waals surface area contributed by atoms with Crippen molar-refractivity contribution in [1.82, 2.24) is 10.3 Å². The van der Waals surface area contributed by atoms with Crippen LogP contribution >= 0.6 is 0 Å². The summed E-state index contributed by atoms with van der Waals surface area (Å²) in [6.07, 6.45) is 9.92. The summed E-state index contributed by atoms with van der Waals surface area (Å²) < 4.78 is 0. The van der Waals surface area contributed by atoms with E-state index >= 15 is 0 Å². The van der Waals surface area contributed by atoms with Gasteiger partial charge < -0.3 is 5.32 Å². The molecule has 1 fully saturated rings. The number of pyridine rings is 1. The van der Waals surface area contributed by atoms with Crippen LogP contribution in [-0.4, -0.2) is 17.6 Å². The molecule has 1 aliphatic rings. The third-order valence-corrected chi connectivity index (χ3v) is 4.73. The van der Waals surface area contributed by atoms with E-state index < -0.39 is 0 Å². The van der Waals surface area contributed by atoms with Crippen molar-refractivity contribution in [2.75, 3.05) is 6.54 Å². The normalized spacial score (nSPS) is 16.8. The summed E-state index contributed by atoms with van der Waals surface area (Å²) in [6.45, 7) is 3.37. The lowest BCUT2D eigenvalue weighted by Gasteiger charge is -2.30. The second-order valence-corrected chi connectivity index (χ2v) is 6.38. The Kier molecular flexibility index (Phi) is 4.87. The van der Waals surface area contributed by atoms with Gasteiger partial charge in [-0.15, -0.1) is 0 Å². The summed E-state index contributed by atoms with van der Waals surface area (Å²) in [5.74, 6) is 0.951. The zero-order valence-corrected chi connectivity index (χ0v) is 13.0. The number of nitrogens with one attached hydrogen (secondary N) is 1. The predicted octanol–water partition coefficient (Wildman–Crippen LogP) is 4.34. The molecule has 1 aromatic heterocycles. The van der Waals surface area contributed by atoms with Crippen LogP contribution in [0.1, 0.15) is 44.6 Å². The predicted molar refractivity (Wildman–Crippen MR) is 89.5 cm³/mol. The maximum atomic E-state index is 4.48. The van der Waals surface area contributed by atoms with Crippen LogP contribution in [0.5, 0.6) is 0 Å². The van der Waals surface area contributed by atoms with Crippen LogP contribution in [0.4, 0.5) is 0 Å². The van der Waals surface area contributed by atoms with Crippen LogP contribution in [-0.2, 0) is 6.42 Å². The van der Waals surface area contributed by atoms with E-state index in [1.165, 1.54) is 43.1 Å². The minimum absolute atomic E-state index is 0.612. The minimum atomic E-state index is 0.612. The lowest BCUT2D eigenvalue weighted by atomic mass is 9.79. The molecule has 3 rings (SSSR count). The van der Waals surface area contributed by atoms with E-state index in [1.54, 1.807) is 0 Å². The van der Waals surface area contributed by atoms with Gasteiger partial charge in [0.05, 0.1) is 5.52 Å². The van der Waals surface area contributed by atoms with E-state index in [0.29, 0.717) is 6.04 Å². The maximum absolute atomic E-state index is 4.48. The van der Waals surface area contributed by atoms with Crippen LogP contribution in [0, 0.1) is 5.92 Å². The third-order valence-electron chi connectivity index (χ3n) is 4.73. The average Bonchev–Trinajstić information content (AvgIpc) is 2.48. The van der Waals surface area contributed by atoms with Gasteiger partial charge in [-0.2, -0.15) is 0 Å². The van der Waals surface area contributed by atoms with Crippen molar-refractivity contribution in [3.05, 3.63) is 42.1 Å². The number of para-hydroxylation sites is 1. The molecule has 112 valence electrons. The molecule has 0 radical (unpaired) electrons. The SMILES string of the molecule is CCCNC(Cc1ccnc2ccccc12)CC1CCC1. The Bertz CT molecular complexity index is 569. The summed E-state index contributed by atoms with van der Waals surface area (Å²) in [5, 5.41) is 5.08. The molecule has 21 heavy (non-hydrogen) atoms. The number of fused-ring (bicyclic) bond motifs is 1. The molecule has 1 aromatic carbocycles. The van der Waals surface area contributed by atoms with Crippen LogP contribution in [0.3, 0.4) is 0 Å². The smallest absolute Gasteiger partial charge is 0.0704 e. The molecule has 1 aliphatic carbocycles. The molecule has 2 nitrogen and oxygen atoms in total. The maximum Gasteiger partial charge on any atom is 0.0704 e. The molecule has 2 aromatic rings. The van der Waals surface area contributed by atoms with E-state index in [4.69, 9.17) is 0 Å². The highest BCUT2D eigenvalue weighted by Gasteiger charge is 2.22. The summed E-state index contributed by atoms with van der Waals surface area (Å²) in [6, 6.07) is 11.3. The van der Waals surface area contributed by atoms with Gasteiger partial charge in [-0.05, 0) is 49.4 Å². The first-order valence-corrected chi connectivity index (χ1v) is 8.43. The first kappa shape index (κ1) is 14.5. The topological polar surface area (TPSA) is 24.9 Å². The monoisotopic (exact) mass is 282 g/mol. The van der Waals surface area contributed by atoms with E-state index in [2.05, 4.69) is 47.6 Å². The zero-order chi connectivity index (χ0) is 14.5. The molecule has 0 amide bonds. The van der Waals surface area contributed by atoms with Gasteiger partial charge in [-0.25, -0.2) is 0 Å². The van der Waals surface area contributed by atoms with Gasteiger partial charge >= 0.3 is 0 Å². The highest BCUT2D eigenvalue weighted by molar-refractivity contribution is 5.81. The minimum Gasteiger partial charge on any atom is -0.314 e. The van der Waals surface area contributed by atoms with E-state index in [9.17, 15) is 0 Å². The van der Waals surface area contributed by atoms with Gasteiger partial charge in [-0.1, -0.05) is 44.4 Å². The van der Waals surface area contributed by atoms with Crippen molar-refractivity contribution in [3.63, 3.8) is 0 Å². The number of hydrogen-bond acceptors (Lipinski definition) is 2. The molecular weight excluding hydrogens is 256 g/mol. The summed E-state index contributed by atoms with van der Waals surface area (Å²) in [7, 11) is 0. The highest BCUT2D eigenvalue weighted by Crippen LogP contribution is 2.31. The fourth-order valence-electron chi connectivity index (χ4n) is 3.32. The van der Waals surface area contributed by atoms with E-state index in [1.807, 2.05) is 6.20 Å². The molecular formula is C19H26N2. The Morgan fingerprint density at radius 1 is 1.24 bits per heavy atom. The fourth-order valence-corrected chi connectivity index (χ4v) is 3.32. The first-order chi connectivity index (χ1) is 10.4. The number of aromatic nitrogens is 1. The third kappa shape index (κ3) is 3.62. The highest BCUT2D eigenvalue weighted by atomic mass is 14.9. The molecule has 0 aliphatic heterocycles. The Labute approximate surface area is 128 Å². The average molecular weight is 282 g/mol. The quantitative estimate of drug-likeness (QED) is 0.817. The molecule has 1 heterocycles. The van der Waals surface area contributed by atoms with Crippen LogP contribution < -0.4 is 5.32 Å². The van der Waals surface area contributed by atoms with E-state index in [-0.39, 0.29) is 0 Å². The van der Waals surface area contributed by atoms with Gasteiger partial charge in [0, 0.05) is 17.6 Å². The zero-order valence-electron chi connectivity index (χ0n) is 13.0. The lowest BCUT2D eigenvalue weighted by Crippen LogP contribution is -2.35. The fraction of sp³-hybridized carbons (Fsp3) is 0.526. The van der Waals surface area contributed by atoms with Crippen LogP contribution in [0.2, 0.25) is 0 Å². The van der Waals surface area contributed by atoms with Crippen molar-refractivity contribution in [2.45, 2.75) is 51.5 Å². The molecule has 1 saturated carbocycles. The van der Waals surface area contributed by atoms with Crippen LogP contribution in [0.15, 0.2) is 36.5 Å². The Morgan fingerprint density at radius 2 is 2.10 bits per heavy atom. The molecule has 1 N–H and O–H groups in total. The second-order valence-electron chi connectivity index (χ2n) is 6.38. The Morgan fingerprint density at radius 3 is 2.86 bits per heavy atom. The first-order valence-electron chi connectivity index (χ1n) is 8.43. The van der Waals surface area contributed by atoms with Gasteiger partial charge in [0.15, 0.2) is 0 Å². The molecule has 1 unspecified atom stereocenters. The van der Waals surface area contributed by atoms with Gasteiger partial charge in [0.1, 0.15) is 0 Å². The lowest BCUT2D eigenvalue weighted by molar-refractivity contribution is 0.259. The summed E-state index contributed by atoms with van der Waals surface area (Å²) >= 11 is 0. The Hall–Kier alpha value is -1.41. The molecule has 2 heteroatoms. The number of hydrogen-bond donors (Lipinski definition) is 1. The van der Waals surface area contributed by atoms with Crippen molar-refractivity contribution in [1.29, 1.82) is 0 Å². The van der Waals surface area contributed by atoms with E-state index in [0.717, 1.165) is 24.4 Å². The molecule has 0 saturated heterocycles. The van der Waals surface area contributed by atoms with Crippen LogP contribution in [0.25, 0.3) is 10.9 Å². The van der Waals surface area contributed by atoms with Crippen molar-refractivity contribution >= 4 is 10.9 Å². The number of benzene rings is 1. The molecule has 0 bridgehead atoms. The summed E-state index contributed by atoms with van der Waals surface area (Å²) in [5.41, 5.74) is 2.56. The Balaban J connectivity index is 1.75. The van der Waals surface area contributed by atoms with Crippen molar-refractivity contribution in [2.24, 2.45) is 5.92 Å².